The maximum Gasteiger partial charge on any atom is 0.284 e. The fourth-order valence-electron chi connectivity index (χ4n) is 1.93. The summed E-state index contributed by atoms with van der Waals surface area (Å²) in [6, 6.07) is 17.2. The standard InChI is InChI=1S/C16H12N2O3S2/c19-15-14(11-12-7-3-1-4-8-12)22-16(17-15)18-23(20,21)13-9-5-2-6-10-13/h1-11H,(H,17,18,19)/b14-11+. The molecule has 1 heterocycles. The molecule has 2 aromatic rings. The third kappa shape index (κ3) is 3.69. The first kappa shape index (κ1) is 15.5. The number of amides is 1. The van der Waals surface area contributed by atoms with Crippen LogP contribution in [0.5, 0.6) is 0 Å². The average Bonchev–Trinajstić information content (AvgIpc) is 2.88. The summed E-state index contributed by atoms with van der Waals surface area (Å²) in [6.07, 6.45) is 1.69. The Hall–Kier alpha value is -2.38. The van der Waals surface area contributed by atoms with E-state index in [0.717, 1.165) is 17.3 Å². The number of sulfonamides is 1. The van der Waals surface area contributed by atoms with Gasteiger partial charge < -0.3 is 0 Å². The summed E-state index contributed by atoms with van der Waals surface area (Å²) in [7, 11) is -3.84. The molecule has 1 aliphatic rings. The van der Waals surface area contributed by atoms with E-state index in [1.807, 2.05) is 30.3 Å². The first-order valence-corrected chi connectivity index (χ1v) is 8.96. The molecule has 0 aromatic heterocycles. The van der Waals surface area contributed by atoms with Crippen molar-refractivity contribution in [3.05, 3.63) is 71.1 Å². The topological polar surface area (TPSA) is 75.6 Å². The molecule has 0 radical (unpaired) electrons. The van der Waals surface area contributed by atoms with E-state index in [9.17, 15) is 13.2 Å². The van der Waals surface area contributed by atoms with Crippen molar-refractivity contribution < 1.29 is 13.2 Å². The highest BCUT2D eigenvalue weighted by atomic mass is 32.2. The van der Waals surface area contributed by atoms with Crippen LogP contribution in [0.2, 0.25) is 0 Å². The van der Waals surface area contributed by atoms with Gasteiger partial charge in [-0.2, -0.15) is 8.42 Å². The molecule has 2 aromatic carbocycles. The van der Waals surface area contributed by atoms with Gasteiger partial charge in [-0.3, -0.25) is 10.1 Å². The van der Waals surface area contributed by atoms with Crippen molar-refractivity contribution in [2.75, 3.05) is 0 Å². The minimum atomic E-state index is -3.84. The SMILES string of the molecule is O=C1N/C(=N/S(=O)(=O)c2ccccc2)S/C1=C/c1ccccc1. The Morgan fingerprint density at radius 3 is 2.22 bits per heavy atom. The predicted octanol–water partition coefficient (Wildman–Crippen LogP) is 2.64. The first-order valence-electron chi connectivity index (χ1n) is 6.70. The normalized spacial score (nSPS) is 18.3. The van der Waals surface area contributed by atoms with Crippen LogP contribution in [-0.2, 0) is 14.8 Å². The molecule has 0 aliphatic carbocycles. The lowest BCUT2D eigenvalue weighted by atomic mass is 10.2. The summed E-state index contributed by atoms with van der Waals surface area (Å²) >= 11 is 1.01. The minimum absolute atomic E-state index is 0.0565. The third-order valence-electron chi connectivity index (χ3n) is 2.99. The number of nitrogens with one attached hydrogen (secondary N) is 1. The Balaban J connectivity index is 1.87. The number of hydrogen-bond donors (Lipinski definition) is 1. The highest BCUT2D eigenvalue weighted by molar-refractivity contribution is 8.19. The van der Waals surface area contributed by atoms with Crippen molar-refractivity contribution in [2.45, 2.75) is 4.90 Å². The molecule has 0 bridgehead atoms. The monoisotopic (exact) mass is 344 g/mol. The van der Waals surface area contributed by atoms with Crippen LogP contribution in [-0.4, -0.2) is 19.5 Å². The smallest absolute Gasteiger partial charge is 0.284 e. The molecule has 7 heteroatoms. The number of carbonyl (C=O) groups is 1. The van der Waals surface area contributed by atoms with E-state index in [1.54, 1.807) is 24.3 Å². The summed E-state index contributed by atoms with van der Waals surface area (Å²) in [6.45, 7) is 0. The molecular formula is C16H12N2O3S2. The molecular weight excluding hydrogens is 332 g/mol. The summed E-state index contributed by atoms with van der Waals surface area (Å²) in [5.41, 5.74) is 0.859. The zero-order valence-corrected chi connectivity index (χ0v) is 13.5. The quantitative estimate of drug-likeness (QED) is 0.869. The molecule has 23 heavy (non-hydrogen) atoms. The van der Waals surface area contributed by atoms with Gasteiger partial charge in [-0.1, -0.05) is 48.5 Å². The lowest BCUT2D eigenvalue weighted by molar-refractivity contribution is -0.115. The Morgan fingerprint density at radius 1 is 0.957 bits per heavy atom. The number of carbonyl (C=O) groups excluding carboxylic acids is 1. The molecule has 1 saturated heterocycles. The van der Waals surface area contributed by atoms with E-state index in [2.05, 4.69) is 9.71 Å². The van der Waals surface area contributed by atoms with Gasteiger partial charge in [0.15, 0.2) is 5.17 Å². The van der Waals surface area contributed by atoms with Crippen LogP contribution >= 0.6 is 11.8 Å². The van der Waals surface area contributed by atoms with Crippen molar-refractivity contribution in [3.63, 3.8) is 0 Å². The molecule has 0 spiro atoms. The number of amidine groups is 1. The predicted molar refractivity (Wildman–Crippen MR) is 91.2 cm³/mol. The molecule has 0 saturated carbocycles. The lowest BCUT2D eigenvalue weighted by Crippen LogP contribution is -2.20. The number of nitrogens with zero attached hydrogens (tertiary/aromatic N) is 1. The maximum absolute atomic E-state index is 12.2. The average molecular weight is 344 g/mol. The van der Waals surface area contributed by atoms with Gasteiger partial charge in [0.1, 0.15) is 0 Å². The van der Waals surface area contributed by atoms with Gasteiger partial charge in [-0.25, -0.2) is 0 Å². The van der Waals surface area contributed by atoms with Crippen LogP contribution in [0, 0.1) is 0 Å². The second-order valence-electron chi connectivity index (χ2n) is 4.66. The van der Waals surface area contributed by atoms with Gasteiger partial charge in [0.05, 0.1) is 9.80 Å². The Labute approximate surface area is 138 Å². The number of thioether (sulfide) groups is 1. The summed E-state index contributed by atoms with van der Waals surface area (Å²) in [5, 5.41) is 2.53. The van der Waals surface area contributed by atoms with Crippen molar-refractivity contribution in [1.29, 1.82) is 0 Å². The maximum atomic E-state index is 12.2. The van der Waals surface area contributed by atoms with Crippen molar-refractivity contribution in [2.24, 2.45) is 4.40 Å². The van der Waals surface area contributed by atoms with E-state index in [0.29, 0.717) is 4.91 Å². The van der Waals surface area contributed by atoms with E-state index in [-0.39, 0.29) is 16.0 Å². The fraction of sp³-hybridized carbons (Fsp3) is 0. The zero-order valence-electron chi connectivity index (χ0n) is 11.8. The third-order valence-corrected chi connectivity index (χ3v) is 5.31. The Kier molecular flexibility index (Phi) is 4.31. The van der Waals surface area contributed by atoms with E-state index < -0.39 is 10.0 Å². The first-order chi connectivity index (χ1) is 11.0. The van der Waals surface area contributed by atoms with E-state index in [1.165, 1.54) is 12.1 Å². The van der Waals surface area contributed by atoms with Gasteiger partial charge in [0, 0.05) is 0 Å². The highest BCUT2D eigenvalue weighted by Gasteiger charge is 2.26. The second kappa shape index (κ2) is 6.39. The Morgan fingerprint density at radius 2 is 1.57 bits per heavy atom. The highest BCUT2D eigenvalue weighted by Crippen LogP contribution is 2.27. The van der Waals surface area contributed by atoms with Gasteiger partial charge in [-0.05, 0) is 35.5 Å². The molecule has 116 valence electrons. The van der Waals surface area contributed by atoms with Crippen molar-refractivity contribution >= 4 is 38.9 Å². The minimum Gasteiger partial charge on any atom is -0.300 e. The lowest BCUT2D eigenvalue weighted by Gasteiger charge is -1.98. The molecule has 1 fully saturated rings. The van der Waals surface area contributed by atoms with Gasteiger partial charge in [0.2, 0.25) is 0 Å². The van der Waals surface area contributed by atoms with E-state index >= 15 is 0 Å². The van der Waals surface area contributed by atoms with Gasteiger partial charge in [0.25, 0.3) is 15.9 Å². The van der Waals surface area contributed by atoms with Crippen LogP contribution < -0.4 is 5.32 Å². The molecule has 1 N–H and O–H groups in total. The Bertz CT molecular complexity index is 889. The van der Waals surface area contributed by atoms with Crippen LogP contribution in [0.4, 0.5) is 0 Å². The van der Waals surface area contributed by atoms with Crippen molar-refractivity contribution in [1.82, 2.24) is 5.32 Å². The van der Waals surface area contributed by atoms with Crippen molar-refractivity contribution in [3.8, 4) is 0 Å². The molecule has 0 atom stereocenters. The molecule has 5 nitrogen and oxygen atoms in total. The van der Waals surface area contributed by atoms with Crippen LogP contribution in [0.15, 0.2) is 74.9 Å². The molecule has 1 aliphatic heterocycles. The van der Waals surface area contributed by atoms with Crippen LogP contribution in [0.1, 0.15) is 5.56 Å². The number of rotatable bonds is 3. The number of benzene rings is 2. The largest absolute Gasteiger partial charge is 0.300 e. The zero-order chi connectivity index (χ0) is 16.3. The summed E-state index contributed by atoms with van der Waals surface area (Å²) < 4.78 is 28.1. The fourth-order valence-corrected chi connectivity index (χ4v) is 3.93. The van der Waals surface area contributed by atoms with Crippen LogP contribution in [0.3, 0.4) is 0 Å². The summed E-state index contributed by atoms with van der Waals surface area (Å²) in [5.74, 6) is -0.360. The van der Waals surface area contributed by atoms with Gasteiger partial charge >= 0.3 is 0 Å². The molecule has 3 rings (SSSR count). The van der Waals surface area contributed by atoms with E-state index in [4.69, 9.17) is 0 Å². The van der Waals surface area contributed by atoms with Gasteiger partial charge in [-0.15, -0.1) is 4.40 Å². The molecule has 0 unspecified atom stereocenters. The van der Waals surface area contributed by atoms with Crippen LogP contribution in [0.25, 0.3) is 6.08 Å². The second-order valence-corrected chi connectivity index (χ2v) is 7.29. The summed E-state index contributed by atoms with van der Waals surface area (Å²) in [4.78, 5) is 12.4. The number of hydrogen-bond acceptors (Lipinski definition) is 4. The molecule has 1 amide bonds.